The molecule has 0 N–H and O–H groups in total. The minimum absolute atomic E-state index is 0. The lowest BCUT2D eigenvalue weighted by Crippen LogP contribution is -3.00. The molecular weight excluding hydrogens is 295 g/mol. The minimum atomic E-state index is -0.696. The molecule has 21 heavy (non-hydrogen) atoms. The maximum absolute atomic E-state index is 2.87. The van der Waals surface area contributed by atoms with Gasteiger partial charge >= 0.3 is 0 Å². The van der Waals surface area contributed by atoms with Crippen LogP contribution in [0.25, 0.3) is 0 Å². The third kappa shape index (κ3) is 3.98. The number of halogens is 1. The van der Waals surface area contributed by atoms with E-state index in [1.807, 2.05) is 0 Å². The van der Waals surface area contributed by atoms with Crippen molar-refractivity contribution in [2.45, 2.75) is 113 Å². The SMILES string of the molecule is C[P+](C1CCCCC1)(C1CCCCC1)C1CCCCC1.[Cl-]. The van der Waals surface area contributed by atoms with Crippen LogP contribution in [0, 0.1) is 0 Å². The molecule has 0 unspecified atom stereocenters. The fourth-order valence-corrected chi connectivity index (χ4v) is 12.0. The summed E-state index contributed by atoms with van der Waals surface area (Å²) in [5.74, 6) is 0. The summed E-state index contributed by atoms with van der Waals surface area (Å²) in [5, 5.41) is 0. The van der Waals surface area contributed by atoms with Gasteiger partial charge in [0.05, 0.1) is 17.0 Å². The van der Waals surface area contributed by atoms with E-state index in [2.05, 4.69) is 6.66 Å². The van der Waals surface area contributed by atoms with Crippen molar-refractivity contribution in [3.63, 3.8) is 0 Å². The summed E-state index contributed by atoms with van der Waals surface area (Å²) in [5.41, 5.74) is 3.55. The van der Waals surface area contributed by atoms with Crippen LogP contribution in [-0.4, -0.2) is 23.6 Å². The van der Waals surface area contributed by atoms with E-state index < -0.39 is 7.26 Å². The molecule has 0 aromatic carbocycles. The van der Waals surface area contributed by atoms with Gasteiger partial charge in [0.25, 0.3) is 0 Å². The monoisotopic (exact) mass is 330 g/mol. The molecule has 0 aromatic heterocycles. The first kappa shape index (κ1) is 18.1. The van der Waals surface area contributed by atoms with Gasteiger partial charge in [-0.1, -0.05) is 19.3 Å². The average Bonchev–Trinajstić information content (AvgIpc) is 2.56. The Hall–Kier alpha value is 0.720. The zero-order chi connectivity index (χ0) is 13.8. The molecule has 3 aliphatic carbocycles. The van der Waals surface area contributed by atoms with E-state index in [9.17, 15) is 0 Å². The molecule has 0 atom stereocenters. The predicted molar refractivity (Wildman–Crippen MR) is 93.5 cm³/mol. The molecule has 3 aliphatic rings. The third-order valence-corrected chi connectivity index (χ3v) is 13.4. The van der Waals surface area contributed by atoms with Crippen molar-refractivity contribution in [2.24, 2.45) is 0 Å². The van der Waals surface area contributed by atoms with Gasteiger partial charge in [-0.05, 0) is 77.0 Å². The van der Waals surface area contributed by atoms with E-state index in [0.29, 0.717) is 0 Å². The molecule has 0 amide bonds. The molecule has 0 nitrogen and oxygen atoms in total. The van der Waals surface area contributed by atoms with Crippen LogP contribution in [-0.2, 0) is 0 Å². The van der Waals surface area contributed by atoms with Crippen LogP contribution >= 0.6 is 7.26 Å². The molecule has 0 bridgehead atoms. The first-order valence-corrected chi connectivity index (χ1v) is 12.1. The van der Waals surface area contributed by atoms with Gasteiger partial charge in [0.1, 0.15) is 0 Å². The lowest BCUT2D eigenvalue weighted by atomic mass is 9.99. The Bertz CT molecular complexity index is 240. The Morgan fingerprint density at radius 1 is 0.476 bits per heavy atom. The molecule has 3 fully saturated rings. The van der Waals surface area contributed by atoms with Crippen LogP contribution in [0.5, 0.6) is 0 Å². The third-order valence-electron chi connectivity index (χ3n) is 7.08. The predicted octanol–water partition coefficient (Wildman–Crippen LogP) is 3.64. The van der Waals surface area contributed by atoms with Gasteiger partial charge in [0, 0.05) is 13.9 Å². The van der Waals surface area contributed by atoms with E-state index in [-0.39, 0.29) is 12.4 Å². The molecule has 0 aromatic rings. The molecule has 3 rings (SSSR count). The second-order valence-corrected chi connectivity index (χ2v) is 12.7. The normalized spacial score (nSPS) is 27.3. The van der Waals surface area contributed by atoms with E-state index in [1.165, 1.54) is 36.2 Å². The van der Waals surface area contributed by atoms with E-state index in [1.54, 1.807) is 77.0 Å². The summed E-state index contributed by atoms with van der Waals surface area (Å²) in [4.78, 5) is 0. The van der Waals surface area contributed by atoms with Crippen LogP contribution < -0.4 is 12.4 Å². The molecule has 0 radical (unpaired) electrons. The van der Waals surface area contributed by atoms with Crippen molar-refractivity contribution < 1.29 is 12.4 Å². The molecule has 124 valence electrons. The summed E-state index contributed by atoms with van der Waals surface area (Å²) in [6, 6.07) is 0. The summed E-state index contributed by atoms with van der Waals surface area (Å²) < 4.78 is 0. The maximum Gasteiger partial charge on any atom is 0.0700 e. The number of rotatable bonds is 3. The summed E-state index contributed by atoms with van der Waals surface area (Å²) >= 11 is 0. The molecule has 0 saturated heterocycles. The van der Waals surface area contributed by atoms with Gasteiger partial charge in [-0.15, -0.1) is 0 Å². The average molecular weight is 331 g/mol. The lowest BCUT2D eigenvalue weighted by molar-refractivity contribution is -0.00000432. The highest BCUT2D eigenvalue weighted by Crippen LogP contribution is 2.74. The first-order valence-electron chi connectivity index (χ1n) is 9.67. The van der Waals surface area contributed by atoms with Crippen LogP contribution in [0.2, 0.25) is 0 Å². The zero-order valence-electron chi connectivity index (χ0n) is 14.2. The summed E-state index contributed by atoms with van der Waals surface area (Å²) in [6.07, 6.45) is 23.6. The Morgan fingerprint density at radius 3 is 0.952 bits per heavy atom. The van der Waals surface area contributed by atoms with Gasteiger partial charge in [0.15, 0.2) is 0 Å². The second kappa shape index (κ2) is 8.54. The van der Waals surface area contributed by atoms with Crippen molar-refractivity contribution >= 4 is 7.26 Å². The Balaban J connectivity index is 0.00000161. The van der Waals surface area contributed by atoms with E-state index >= 15 is 0 Å². The zero-order valence-corrected chi connectivity index (χ0v) is 15.8. The standard InChI is InChI=1S/C19H36P.ClH/c1-20(17-11-5-2-6-12-17,18-13-7-3-8-14-18)19-15-9-4-10-16-19;/h17-19H,2-16H2,1H3;1H/q+1;/p-1. The highest BCUT2D eigenvalue weighted by molar-refractivity contribution is 7.77. The van der Waals surface area contributed by atoms with Crippen LogP contribution in [0.1, 0.15) is 96.3 Å². The Morgan fingerprint density at radius 2 is 0.714 bits per heavy atom. The van der Waals surface area contributed by atoms with Crippen molar-refractivity contribution in [2.75, 3.05) is 6.66 Å². The molecular formula is C19H36ClP. The summed E-state index contributed by atoms with van der Waals surface area (Å²) in [6.45, 7) is 2.87. The molecule has 2 heteroatoms. The quantitative estimate of drug-likeness (QED) is 0.693. The molecule has 3 saturated carbocycles. The highest BCUT2D eigenvalue weighted by atomic mass is 35.5. The Kier molecular flexibility index (Phi) is 7.34. The fourth-order valence-electron chi connectivity index (χ4n) is 5.81. The van der Waals surface area contributed by atoms with E-state index in [0.717, 1.165) is 0 Å². The van der Waals surface area contributed by atoms with Crippen LogP contribution in [0.3, 0.4) is 0 Å². The molecule has 0 heterocycles. The fraction of sp³-hybridized carbons (Fsp3) is 1.00. The second-order valence-electron chi connectivity index (χ2n) is 8.10. The minimum Gasteiger partial charge on any atom is -1.00 e. The van der Waals surface area contributed by atoms with Gasteiger partial charge in [-0.25, -0.2) is 0 Å². The topological polar surface area (TPSA) is 0 Å². The Labute approximate surface area is 140 Å². The first-order chi connectivity index (χ1) is 9.82. The van der Waals surface area contributed by atoms with Crippen LogP contribution in [0.4, 0.5) is 0 Å². The van der Waals surface area contributed by atoms with Gasteiger partial charge in [0.2, 0.25) is 0 Å². The number of hydrogen-bond acceptors (Lipinski definition) is 0. The molecule has 0 spiro atoms. The van der Waals surface area contributed by atoms with Crippen molar-refractivity contribution in [1.29, 1.82) is 0 Å². The maximum atomic E-state index is 2.87. The van der Waals surface area contributed by atoms with Gasteiger partial charge in [-0.2, -0.15) is 0 Å². The van der Waals surface area contributed by atoms with Gasteiger partial charge < -0.3 is 12.4 Å². The molecule has 0 aliphatic heterocycles. The smallest absolute Gasteiger partial charge is 0.0700 e. The largest absolute Gasteiger partial charge is 1.00 e. The number of hydrogen-bond donors (Lipinski definition) is 0. The van der Waals surface area contributed by atoms with Crippen molar-refractivity contribution in [3.05, 3.63) is 0 Å². The highest BCUT2D eigenvalue weighted by Gasteiger charge is 2.53. The van der Waals surface area contributed by atoms with Gasteiger partial charge in [-0.3, -0.25) is 0 Å². The summed E-state index contributed by atoms with van der Waals surface area (Å²) in [7, 11) is -0.696. The lowest BCUT2D eigenvalue weighted by Gasteiger charge is -2.46. The van der Waals surface area contributed by atoms with E-state index in [4.69, 9.17) is 0 Å². The van der Waals surface area contributed by atoms with Crippen molar-refractivity contribution in [1.82, 2.24) is 0 Å². The van der Waals surface area contributed by atoms with Crippen LogP contribution in [0.15, 0.2) is 0 Å². The van der Waals surface area contributed by atoms with Crippen molar-refractivity contribution in [3.8, 4) is 0 Å².